The number of hydrogen-bond acceptors (Lipinski definition) is 5. The molecule has 0 saturated heterocycles. The number of rotatable bonds is 5. The van der Waals surface area contributed by atoms with E-state index in [4.69, 9.17) is 0 Å². The van der Waals surface area contributed by atoms with Crippen molar-refractivity contribution in [1.82, 2.24) is 0 Å². The summed E-state index contributed by atoms with van der Waals surface area (Å²) in [6.07, 6.45) is 0.360. The van der Waals surface area contributed by atoms with Gasteiger partial charge in [-0.1, -0.05) is 17.2 Å². The molecule has 0 heterocycles. The molecule has 0 unspecified atom stereocenters. The summed E-state index contributed by atoms with van der Waals surface area (Å²) in [7, 11) is 2.79. The summed E-state index contributed by atoms with van der Waals surface area (Å²) >= 11 is 0. The number of oxime groups is 2. The summed E-state index contributed by atoms with van der Waals surface area (Å²) in [6.45, 7) is 3.38. The van der Waals surface area contributed by atoms with Crippen molar-refractivity contribution in [3.8, 4) is 0 Å². The number of ketones is 1. The molecule has 0 aromatic heterocycles. The Labute approximate surface area is 77.4 Å². The van der Waals surface area contributed by atoms with Crippen molar-refractivity contribution in [2.24, 2.45) is 10.3 Å². The monoisotopic (exact) mass is 186 g/mol. The lowest BCUT2D eigenvalue weighted by Gasteiger charge is -2.00. The lowest BCUT2D eigenvalue weighted by atomic mass is 10.1. The molecular formula is C8H14N2O3. The second-order valence-corrected chi connectivity index (χ2v) is 2.26. The maximum absolute atomic E-state index is 11.3. The van der Waals surface area contributed by atoms with Gasteiger partial charge >= 0.3 is 0 Å². The minimum Gasteiger partial charge on any atom is -0.399 e. The van der Waals surface area contributed by atoms with Crippen LogP contribution < -0.4 is 0 Å². The average molecular weight is 186 g/mol. The van der Waals surface area contributed by atoms with E-state index in [1.807, 2.05) is 0 Å². The van der Waals surface area contributed by atoms with E-state index in [1.54, 1.807) is 13.8 Å². The Morgan fingerprint density at radius 2 is 1.77 bits per heavy atom. The van der Waals surface area contributed by atoms with Gasteiger partial charge < -0.3 is 9.68 Å². The van der Waals surface area contributed by atoms with Gasteiger partial charge in [0.2, 0.25) is 0 Å². The summed E-state index contributed by atoms with van der Waals surface area (Å²) in [6, 6.07) is 0. The molecule has 0 radical (unpaired) electrons. The normalized spacial score (nSPS) is 12.6. The van der Waals surface area contributed by atoms with Crippen molar-refractivity contribution >= 4 is 17.2 Å². The molecule has 5 heteroatoms. The van der Waals surface area contributed by atoms with Crippen LogP contribution in [0.4, 0.5) is 0 Å². The molecule has 0 N–H and O–H groups in total. The standard InChI is InChI=1S/C8H14N2O3/c1-5-7(11)8(10-13-4)6(2)9-12-3/h5H2,1-4H3/b9-6+,10-8-. The lowest BCUT2D eigenvalue weighted by molar-refractivity contribution is -0.112. The molecule has 13 heavy (non-hydrogen) atoms. The second-order valence-electron chi connectivity index (χ2n) is 2.26. The molecule has 0 rings (SSSR count). The first-order valence-electron chi connectivity index (χ1n) is 3.89. The van der Waals surface area contributed by atoms with Crippen LogP contribution in [-0.2, 0) is 14.5 Å². The molecule has 0 aliphatic heterocycles. The van der Waals surface area contributed by atoms with Crippen LogP contribution in [0.2, 0.25) is 0 Å². The minimum atomic E-state index is -0.125. The van der Waals surface area contributed by atoms with E-state index in [0.717, 1.165) is 0 Å². The van der Waals surface area contributed by atoms with Crippen molar-refractivity contribution in [2.75, 3.05) is 14.2 Å². The Bertz CT molecular complexity index is 234. The molecule has 74 valence electrons. The van der Waals surface area contributed by atoms with Crippen molar-refractivity contribution < 1.29 is 14.5 Å². The van der Waals surface area contributed by atoms with Gasteiger partial charge in [-0.15, -0.1) is 0 Å². The van der Waals surface area contributed by atoms with Gasteiger partial charge in [0.15, 0.2) is 11.5 Å². The van der Waals surface area contributed by atoms with Crippen LogP contribution in [-0.4, -0.2) is 31.4 Å². The lowest BCUT2D eigenvalue weighted by Crippen LogP contribution is -2.21. The Balaban J connectivity index is 4.72. The summed E-state index contributed by atoms with van der Waals surface area (Å²) in [5.74, 6) is -0.125. The number of carbonyl (C=O) groups excluding carboxylic acids is 1. The molecule has 0 amide bonds. The van der Waals surface area contributed by atoms with Crippen LogP contribution in [0.3, 0.4) is 0 Å². The number of Topliss-reactive ketones (excluding diaryl/α,β-unsaturated/α-hetero) is 1. The summed E-state index contributed by atoms with van der Waals surface area (Å²) in [4.78, 5) is 20.3. The highest BCUT2D eigenvalue weighted by Gasteiger charge is 2.14. The zero-order chi connectivity index (χ0) is 10.3. The summed E-state index contributed by atoms with van der Waals surface area (Å²) < 4.78 is 0. The Morgan fingerprint density at radius 1 is 1.23 bits per heavy atom. The fourth-order valence-electron chi connectivity index (χ4n) is 0.758. The summed E-state index contributed by atoms with van der Waals surface area (Å²) in [5.41, 5.74) is 0.614. The predicted octanol–water partition coefficient (Wildman–Crippen LogP) is 0.990. The van der Waals surface area contributed by atoms with E-state index in [9.17, 15) is 4.79 Å². The van der Waals surface area contributed by atoms with Gasteiger partial charge in [-0.3, -0.25) is 4.79 Å². The van der Waals surface area contributed by atoms with E-state index < -0.39 is 0 Å². The van der Waals surface area contributed by atoms with Crippen LogP contribution in [0.1, 0.15) is 20.3 Å². The first-order chi connectivity index (χ1) is 6.17. The first-order valence-corrected chi connectivity index (χ1v) is 3.89. The smallest absolute Gasteiger partial charge is 0.186 e. The Morgan fingerprint density at radius 3 is 2.15 bits per heavy atom. The van der Waals surface area contributed by atoms with E-state index in [2.05, 4.69) is 20.0 Å². The average Bonchev–Trinajstić information content (AvgIpc) is 2.13. The van der Waals surface area contributed by atoms with Crippen molar-refractivity contribution in [1.29, 1.82) is 0 Å². The van der Waals surface area contributed by atoms with Crippen LogP contribution in [0, 0.1) is 0 Å². The number of hydrogen-bond donors (Lipinski definition) is 0. The van der Waals surface area contributed by atoms with Crippen molar-refractivity contribution in [2.45, 2.75) is 20.3 Å². The number of carbonyl (C=O) groups is 1. The zero-order valence-corrected chi connectivity index (χ0v) is 8.33. The molecule has 0 saturated carbocycles. The molecule has 5 nitrogen and oxygen atoms in total. The van der Waals surface area contributed by atoms with E-state index in [0.29, 0.717) is 12.1 Å². The van der Waals surface area contributed by atoms with E-state index >= 15 is 0 Å². The van der Waals surface area contributed by atoms with Gasteiger partial charge in [0.1, 0.15) is 19.9 Å². The Kier molecular flexibility index (Phi) is 5.50. The topological polar surface area (TPSA) is 60.2 Å². The maximum atomic E-state index is 11.3. The van der Waals surface area contributed by atoms with Crippen molar-refractivity contribution in [3.63, 3.8) is 0 Å². The quantitative estimate of drug-likeness (QED) is 0.475. The van der Waals surface area contributed by atoms with Gasteiger partial charge in [-0.05, 0) is 6.92 Å². The highest BCUT2D eigenvalue weighted by atomic mass is 16.6. The van der Waals surface area contributed by atoms with Crippen LogP contribution >= 0.6 is 0 Å². The fourth-order valence-corrected chi connectivity index (χ4v) is 0.758. The SMILES string of the molecule is CCC(=O)C(=N\OC)/C(C)=N/OC. The molecule has 0 aromatic rings. The third-order valence-corrected chi connectivity index (χ3v) is 1.34. The van der Waals surface area contributed by atoms with Crippen molar-refractivity contribution in [3.05, 3.63) is 0 Å². The van der Waals surface area contributed by atoms with Gasteiger partial charge in [0.05, 0.1) is 0 Å². The molecule has 0 spiro atoms. The highest BCUT2D eigenvalue weighted by Crippen LogP contribution is 1.93. The first kappa shape index (κ1) is 11.6. The molecular weight excluding hydrogens is 172 g/mol. The Hall–Kier alpha value is -1.39. The van der Waals surface area contributed by atoms with Crippen LogP contribution in [0.5, 0.6) is 0 Å². The van der Waals surface area contributed by atoms with Crippen LogP contribution in [0.15, 0.2) is 10.3 Å². The van der Waals surface area contributed by atoms with E-state index in [-0.39, 0.29) is 11.5 Å². The predicted molar refractivity (Wildman–Crippen MR) is 49.9 cm³/mol. The van der Waals surface area contributed by atoms with Gasteiger partial charge in [0.25, 0.3) is 0 Å². The molecule has 0 aliphatic carbocycles. The second kappa shape index (κ2) is 6.16. The third kappa shape index (κ3) is 3.68. The fraction of sp³-hybridized carbons (Fsp3) is 0.625. The maximum Gasteiger partial charge on any atom is 0.186 e. The molecule has 0 fully saturated rings. The zero-order valence-electron chi connectivity index (χ0n) is 8.33. The van der Waals surface area contributed by atoms with Gasteiger partial charge in [0, 0.05) is 6.42 Å². The molecule has 0 aromatic carbocycles. The molecule has 0 aliphatic rings. The van der Waals surface area contributed by atoms with E-state index in [1.165, 1.54) is 14.2 Å². The molecule has 0 atom stereocenters. The third-order valence-electron chi connectivity index (χ3n) is 1.34. The highest BCUT2D eigenvalue weighted by molar-refractivity contribution is 6.66. The summed E-state index contributed by atoms with van der Waals surface area (Å²) in [5, 5.41) is 7.17. The van der Waals surface area contributed by atoms with Crippen LogP contribution in [0.25, 0.3) is 0 Å². The van der Waals surface area contributed by atoms with Gasteiger partial charge in [-0.2, -0.15) is 0 Å². The largest absolute Gasteiger partial charge is 0.399 e. The number of nitrogens with zero attached hydrogens (tertiary/aromatic N) is 2. The molecule has 0 bridgehead atoms. The van der Waals surface area contributed by atoms with Gasteiger partial charge in [-0.25, -0.2) is 0 Å². The minimum absolute atomic E-state index is 0.125.